The van der Waals surface area contributed by atoms with Gasteiger partial charge >= 0.3 is 11.9 Å². The highest BCUT2D eigenvalue weighted by Crippen LogP contribution is 2.40. The monoisotopic (exact) mass is 361 g/mol. The van der Waals surface area contributed by atoms with Crippen LogP contribution in [-0.4, -0.2) is 37.2 Å². The van der Waals surface area contributed by atoms with Crippen molar-refractivity contribution in [1.29, 1.82) is 0 Å². The smallest absolute Gasteiger partial charge is 0.394 e. The number of sulfone groups is 1. The van der Waals surface area contributed by atoms with Crippen LogP contribution in [0.4, 0.5) is 5.69 Å². The summed E-state index contributed by atoms with van der Waals surface area (Å²) in [4.78, 5) is 23.8. The lowest BCUT2D eigenvalue weighted by molar-refractivity contribution is -0.149. The molecule has 0 saturated carbocycles. The Morgan fingerprint density at radius 2 is 2.00 bits per heavy atom. The summed E-state index contributed by atoms with van der Waals surface area (Å²) in [7, 11) is -3.55. The van der Waals surface area contributed by atoms with E-state index in [0.717, 1.165) is 4.90 Å². The quantitative estimate of drug-likeness (QED) is 0.704. The summed E-state index contributed by atoms with van der Waals surface area (Å²) in [6.07, 6.45) is 0. The van der Waals surface area contributed by atoms with Gasteiger partial charge in [0.25, 0.3) is 0 Å². The lowest BCUT2D eigenvalue weighted by Crippen LogP contribution is -2.49. The molecule has 1 heterocycles. The molecule has 0 aromatic heterocycles. The van der Waals surface area contributed by atoms with Crippen molar-refractivity contribution in [3.8, 4) is 0 Å². The van der Waals surface area contributed by atoms with Crippen molar-refractivity contribution in [3.05, 3.63) is 22.2 Å². The molecule has 108 valence electrons. The summed E-state index contributed by atoms with van der Waals surface area (Å²) in [5.41, 5.74) is 0.804. The number of nitrogens with zero attached hydrogens (tertiary/aromatic N) is 1. The SMILES string of the molecule is Cc1cc(Br)c2c(c1)S(=O)(=O)CC(C)N2C(=O)C(=O)O. The minimum atomic E-state index is -3.55. The number of benzene rings is 1. The minimum absolute atomic E-state index is 0.0166. The number of fused-ring (bicyclic) bond motifs is 1. The molecule has 1 amide bonds. The molecule has 1 aliphatic heterocycles. The fourth-order valence-corrected chi connectivity index (χ4v) is 5.01. The standard InChI is InChI=1S/C12H12BrNO5S/c1-6-3-8(13)10-9(4-6)20(18,19)5-7(2)14(10)11(15)12(16)17/h3-4,7H,5H2,1-2H3,(H,16,17). The van der Waals surface area contributed by atoms with Gasteiger partial charge in [0.05, 0.1) is 16.3 Å². The van der Waals surface area contributed by atoms with Gasteiger partial charge in [0.1, 0.15) is 0 Å². The van der Waals surface area contributed by atoms with Crippen molar-refractivity contribution < 1.29 is 23.1 Å². The van der Waals surface area contributed by atoms with Crippen LogP contribution in [0.2, 0.25) is 0 Å². The normalized spacial score (nSPS) is 20.4. The van der Waals surface area contributed by atoms with Crippen molar-refractivity contribution in [2.45, 2.75) is 24.8 Å². The van der Waals surface area contributed by atoms with Gasteiger partial charge in [-0.05, 0) is 47.5 Å². The first-order chi connectivity index (χ1) is 9.15. The van der Waals surface area contributed by atoms with Crippen molar-refractivity contribution in [2.75, 3.05) is 10.7 Å². The van der Waals surface area contributed by atoms with Crippen molar-refractivity contribution in [3.63, 3.8) is 0 Å². The number of rotatable bonds is 0. The van der Waals surface area contributed by atoms with Crippen LogP contribution in [0.3, 0.4) is 0 Å². The summed E-state index contributed by atoms with van der Waals surface area (Å²) in [6.45, 7) is 3.23. The van der Waals surface area contributed by atoms with Crippen molar-refractivity contribution >= 4 is 43.3 Å². The molecule has 6 nitrogen and oxygen atoms in total. The molecular formula is C12H12BrNO5S. The van der Waals surface area contributed by atoms with Gasteiger partial charge in [0, 0.05) is 10.5 Å². The van der Waals surface area contributed by atoms with Crippen LogP contribution in [0.15, 0.2) is 21.5 Å². The highest BCUT2D eigenvalue weighted by Gasteiger charge is 2.40. The van der Waals surface area contributed by atoms with E-state index in [1.807, 2.05) is 0 Å². The molecule has 0 spiro atoms. The van der Waals surface area contributed by atoms with E-state index in [2.05, 4.69) is 15.9 Å². The van der Waals surface area contributed by atoms with Crippen LogP contribution in [-0.2, 0) is 19.4 Å². The van der Waals surface area contributed by atoms with Gasteiger partial charge in [-0.25, -0.2) is 13.2 Å². The number of carboxylic acids is 1. The summed E-state index contributed by atoms with van der Waals surface area (Å²) < 4.78 is 24.8. The van der Waals surface area contributed by atoms with Gasteiger partial charge in [-0.15, -0.1) is 0 Å². The topological polar surface area (TPSA) is 91.8 Å². The fraction of sp³-hybridized carbons (Fsp3) is 0.333. The van der Waals surface area contributed by atoms with Gasteiger partial charge in [0.15, 0.2) is 9.84 Å². The first-order valence-electron chi connectivity index (χ1n) is 5.74. The molecule has 0 aliphatic carbocycles. The summed E-state index contributed by atoms with van der Waals surface area (Å²) in [5.74, 6) is -3.05. The molecular weight excluding hydrogens is 350 g/mol. The molecule has 0 radical (unpaired) electrons. The number of aryl methyl sites for hydroxylation is 1. The third-order valence-electron chi connectivity index (χ3n) is 3.05. The highest BCUT2D eigenvalue weighted by atomic mass is 79.9. The van der Waals surface area contributed by atoms with Crippen LogP contribution < -0.4 is 4.90 Å². The summed E-state index contributed by atoms with van der Waals surface area (Å²) in [5, 5.41) is 8.90. The van der Waals surface area contributed by atoms with E-state index in [4.69, 9.17) is 5.11 Å². The number of amides is 1. The average molecular weight is 362 g/mol. The molecule has 1 atom stereocenters. The second-order valence-corrected chi connectivity index (χ2v) is 7.56. The zero-order valence-corrected chi connectivity index (χ0v) is 13.2. The zero-order valence-electron chi connectivity index (χ0n) is 10.8. The Bertz CT molecular complexity index is 713. The highest BCUT2D eigenvalue weighted by molar-refractivity contribution is 9.10. The molecule has 1 aliphatic rings. The van der Waals surface area contributed by atoms with Crippen LogP contribution in [0.5, 0.6) is 0 Å². The average Bonchev–Trinajstić information content (AvgIpc) is 2.29. The van der Waals surface area contributed by atoms with E-state index in [9.17, 15) is 18.0 Å². The lowest BCUT2D eigenvalue weighted by Gasteiger charge is -2.34. The predicted molar refractivity (Wildman–Crippen MR) is 75.5 cm³/mol. The Kier molecular flexibility index (Phi) is 3.64. The molecule has 2 rings (SSSR count). The van der Waals surface area contributed by atoms with Gasteiger partial charge in [-0.1, -0.05) is 0 Å². The van der Waals surface area contributed by atoms with Crippen LogP contribution in [0.1, 0.15) is 12.5 Å². The Labute approximate surface area is 124 Å². The van der Waals surface area contributed by atoms with E-state index in [0.29, 0.717) is 10.0 Å². The van der Waals surface area contributed by atoms with Crippen LogP contribution >= 0.6 is 15.9 Å². The van der Waals surface area contributed by atoms with E-state index < -0.39 is 27.8 Å². The van der Waals surface area contributed by atoms with E-state index in [1.54, 1.807) is 13.0 Å². The molecule has 0 saturated heterocycles. The number of hydrogen-bond acceptors (Lipinski definition) is 4. The van der Waals surface area contributed by atoms with E-state index in [-0.39, 0.29) is 16.3 Å². The molecule has 1 aromatic rings. The second-order valence-electron chi connectivity index (χ2n) is 4.70. The molecule has 1 N–H and O–H groups in total. The molecule has 1 aromatic carbocycles. The summed E-state index contributed by atoms with van der Waals surface area (Å²) in [6, 6.07) is 2.35. The fourth-order valence-electron chi connectivity index (χ4n) is 2.28. The largest absolute Gasteiger partial charge is 0.474 e. The third-order valence-corrected chi connectivity index (χ3v) is 5.56. The van der Waals surface area contributed by atoms with E-state index >= 15 is 0 Å². The predicted octanol–water partition coefficient (Wildman–Crippen LogP) is 1.35. The summed E-state index contributed by atoms with van der Waals surface area (Å²) >= 11 is 3.22. The maximum absolute atomic E-state index is 12.2. The number of aliphatic carboxylic acids is 1. The van der Waals surface area contributed by atoms with Gasteiger partial charge in [-0.2, -0.15) is 0 Å². The lowest BCUT2D eigenvalue weighted by atomic mass is 10.1. The Morgan fingerprint density at radius 3 is 2.55 bits per heavy atom. The number of carbonyl (C=O) groups excluding carboxylic acids is 1. The van der Waals surface area contributed by atoms with E-state index in [1.165, 1.54) is 13.0 Å². The maximum Gasteiger partial charge on any atom is 0.394 e. The van der Waals surface area contributed by atoms with Gasteiger partial charge in [0.2, 0.25) is 0 Å². The molecule has 1 unspecified atom stereocenters. The number of anilines is 1. The third kappa shape index (κ3) is 2.33. The molecule has 20 heavy (non-hydrogen) atoms. The number of carbonyl (C=O) groups is 2. The Hall–Kier alpha value is -1.41. The van der Waals surface area contributed by atoms with Crippen LogP contribution in [0.25, 0.3) is 0 Å². The molecule has 0 fully saturated rings. The number of halogens is 1. The van der Waals surface area contributed by atoms with Crippen LogP contribution in [0, 0.1) is 6.92 Å². The van der Waals surface area contributed by atoms with Gasteiger partial charge < -0.3 is 5.11 Å². The zero-order chi connectivity index (χ0) is 15.2. The Balaban J connectivity index is 2.78. The first-order valence-corrected chi connectivity index (χ1v) is 8.19. The minimum Gasteiger partial charge on any atom is -0.474 e. The first kappa shape index (κ1) is 15.0. The van der Waals surface area contributed by atoms with Crippen molar-refractivity contribution in [2.24, 2.45) is 0 Å². The Morgan fingerprint density at radius 1 is 1.40 bits per heavy atom. The van der Waals surface area contributed by atoms with Crippen molar-refractivity contribution in [1.82, 2.24) is 0 Å². The molecule has 0 bridgehead atoms. The number of carboxylic acid groups (broad SMARTS) is 1. The maximum atomic E-state index is 12.2. The molecule has 8 heteroatoms. The van der Waals surface area contributed by atoms with Gasteiger partial charge in [-0.3, -0.25) is 9.69 Å². The number of hydrogen-bond donors (Lipinski definition) is 1. The second kappa shape index (κ2) is 4.85.